The first-order valence-electron chi connectivity index (χ1n) is 11.7. The van der Waals surface area contributed by atoms with Gasteiger partial charge >= 0.3 is 0 Å². The molecule has 176 valence electrons. The van der Waals surface area contributed by atoms with E-state index in [-0.39, 0.29) is 12.5 Å². The number of hydrogen-bond donors (Lipinski definition) is 1. The number of hydrogen-bond acceptors (Lipinski definition) is 4. The minimum absolute atomic E-state index is 0.0279. The van der Waals surface area contributed by atoms with Crippen LogP contribution in [0.1, 0.15) is 29.8 Å². The van der Waals surface area contributed by atoms with Gasteiger partial charge < -0.3 is 19.4 Å². The lowest BCUT2D eigenvalue weighted by atomic mass is 10.1. The topological polar surface area (TPSA) is 65.4 Å². The van der Waals surface area contributed by atoms with Gasteiger partial charge in [0.1, 0.15) is 17.3 Å². The third-order valence-corrected chi connectivity index (χ3v) is 5.72. The quantitative estimate of drug-likeness (QED) is 0.314. The van der Waals surface area contributed by atoms with Crippen molar-refractivity contribution in [2.24, 2.45) is 0 Å². The number of fused-ring (bicyclic) bond motifs is 1. The van der Waals surface area contributed by atoms with Gasteiger partial charge in [0, 0.05) is 6.54 Å². The van der Waals surface area contributed by atoms with Crippen LogP contribution in [0.3, 0.4) is 0 Å². The number of aryl methyl sites for hydroxylation is 3. The summed E-state index contributed by atoms with van der Waals surface area (Å²) in [5, 5.41) is 2.93. The van der Waals surface area contributed by atoms with E-state index in [1.54, 1.807) is 0 Å². The summed E-state index contributed by atoms with van der Waals surface area (Å²) in [6.07, 6.45) is 1.88. The van der Waals surface area contributed by atoms with E-state index in [0.717, 1.165) is 53.1 Å². The highest BCUT2D eigenvalue weighted by Gasteiger charge is 2.12. The molecule has 0 atom stereocenters. The fourth-order valence-electron chi connectivity index (χ4n) is 3.98. The number of ether oxygens (including phenoxy) is 2. The molecule has 3 aromatic carbocycles. The minimum Gasteiger partial charge on any atom is -0.493 e. The Hall–Kier alpha value is -3.80. The van der Waals surface area contributed by atoms with Crippen molar-refractivity contribution in [1.29, 1.82) is 0 Å². The van der Waals surface area contributed by atoms with Gasteiger partial charge in [0.15, 0.2) is 6.61 Å². The van der Waals surface area contributed by atoms with Gasteiger partial charge in [-0.2, -0.15) is 0 Å². The molecule has 1 amide bonds. The zero-order valence-electron chi connectivity index (χ0n) is 19.8. The van der Waals surface area contributed by atoms with Gasteiger partial charge in [-0.15, -0.1) is 0 Å². The first-order valence-corrected chi connectivity index (χ1v) is 11.7. The number of rotatable bonds is 11. The number of nitrogens with one attached hydrogen (secondary N) is 1. The van der Waals surface area contributed by atoms with Gasteiger partial charge in [-0.05, 0) is 62.1 Å². The van der Waals surface area contributed by atoms with Crippen LogP contribution in [-0.2, 0) is 17.9 Å². The molecule has 4 rings (SSSR count). The summed E-state index contributed by atoms with van der Waals surface area (Å²) in [4.78, 5) is 17.1. The Bertz CT molecular complexity index is 1210. The fraction of sp³-hybridized carbons (Fsp3) is 0.286. The Morgan fingerprint density at radius 2 is 1.62 bits per heavy atom. The van der Waals surface area contributed by atoms with E-state index in [0.29, 0.717) is 18.9 Å². The highest BCUT2D eigenvalue weighted by molar-refractivity contribution is 5.78. The van der Waals surface area contributed by atoms with Gasteiger partial charge in [0.05, 0.1) is 24.2 Å². The largest absolute Gasteiger partial charge is 0.493 e. The number of nitrogens with zero attached hydrogens (tertiary/aromatic N) is 2. The molecule has 0 spiro atoms. The first-order chi connectivity index (χ1) is 16.6. The number of carbonyl (C=O) groups excluding carboxylic acids is 1. The molecule has 34 heavy (non-hydrogen) atoms. The standard InChI is InChI=1S/C28H31N3O3/c1-21-11-10-12-22(2)28(21)33-18-9-8-17-31-25-16-7-6-15-24(25)30-26(31)19-29-27(32)20-34-23-13-4-3-5-14-23/h3-7,10-16H,8-9,17-20H2,1-2H3,(H,29,32). The maximum Gasteiger partial charge on any atom is 0.258 e. The Kier molecular flexibility index (Phi) is 7.81. The summed E-state index contributed by atoms with van der Waals surface area (Å²) in [7, 11) is 0. The van der Waals surface area contributed by atoms with Crippen LogP contribution in [0, 0.1) is 13.8 Å². The van der Waals surface area contributed by atoms with E-state index >= 15 is 0 Å². The van der Waals surface area contributed by atoms with Crippen LogP contribution in [0.2, 0.25) is 0 Å². The van der Waals surface area contributed by atoms with Gasteiger partial charge in [-0.25, -0.2) is 4.98 Å². The Labute approximate surface area is 200 Å². The van der Waals surface area contributed by atoms with Gasteiger partial charge in [0.25, 0.3) is 5.91 Å². The van der Waals surface area contributed by atoms with Crippen LogP contribution < -0.4 is 14.8 Å². The number of carbonyl (C=O) groups is 1. The lowest BCUT2D eigenvalue weighted by Gasteiger charge is -2.13. The van der Waals surface area contributed by atoms with E-state index in [1.165, 1.54) is 0 Å². The Morgan fingerprint density at radius 3 is 2.41 bits per heavy atom. The second-order valence-corrected chi connectivity index (χ2v) is 8.32. The van der Waals surface area contributed by atoms with E-state index in [2.05, 4.69) is 48.0 Å². The van der Waals surface area contributed by atoms with Gasteiger partial charge in [0.2, 0.25) is 0 Å². The SMILES string of the molecule is Cc1cccc(C)c1OCCCCn1c(CNC(=O)COc2ccccc2)nc2ccccc21. The normalized spacial score (nSPS) is 10.9. The number of amides is 1. The van der Waals surface area contributed by atoms with Crippen LogP contribution in [0.5, 0.6) is 11.5 Å². The molecule has 0 unspecified atom stereocenters. The lowest BCUT2D eigenvalue weighted by molar-refractivity contribution is -0.123. The van der Waals surface area contributed by atoms with Crippen LogP contribution >= 0.6 is 0 Å². The monoisotopic (exact) mass is 457 g/mol. The second-order valence-electron chi connectivity index (χ2n) is 8.32. The zero-order chi connectivity index (χ0) is 23.8. The second kappa shape index (κ2) is 11.4. The molecule has 0 aliphatic rings. The molecule has 6 nitrogen and oxygen atoms in total. The van der Waals surface area contributed by atoms with Crippen molar-refractivity contribution in [2.75, 3.05) is 13.2 Å². The van der Waals surface area contributed by atoms with Crippen molar-refractivity contribution in [3.63, 3.8) is 0 Å². The highest BCUT2D eigenvalue weighted by atomic mass is 16.5. The van der Waals surface area contributed by atoms with E-state index in [9.17, 15) is 4.79 Å². The lowest BCUT2D eigenvalue weighted by Crippen LogP contribution is -2.29. The predicted molar refractivity (Wildman–Crippen MR) is 134 cm³/mol. The van der Waals surface area contributed by atoms with E-state index in [1.807, 2.05) is 48.5 Å². The molecule has 1 heterocycles. The van der Waals surface area contributed by atoms with Crippen molar-refractivity contribution in [1.82, 2.24) is 14.9 Å². The van der Waals surface area contributed by atoms with Gasteiger partial charge in [-0.3, -0.25) is 4.79 Å². The Balaban J connectivity index is 1.32. The summed E-state index contributed by atoms with van der Waals surface area (Å²) < 4.78 is 13.8. The molecule has 6 heteroatoms. The van der Waals surface area contributed by atoms with Crippen molar-refractivity contribution < 1.29 is 14.3 Å². The molecule has 4 aromatic rings. The number of para-hydroxylation sites is 4. The third kappa shape index (κ3) is 5.95. The molecular formula is C28H31N3O3. The predicted octanol–water partition coefficient (Wildman–Crippen LogP) is 5.21. The number of benzene rings is 3. The van der Waals surface area contributed by atoms with Crippen LogP contribution in [0.25, 0.3) is 11.0 Å². The summed E-state index contributed by atoms with van der Waals surface area (Å²) in [5.41, 5.74) is 4.33. The summed E-state index contributed by atoms with van der Waals surface area (Å²) in [5.74, 6) is 2.32. The molecule has 1 N–H and O–H groups in total. The van der Waals surface area contributed by atoms with E-state index in [4.69, 9.17) is 14.5 Å². The van der Waals surface area contributed by atoms with Crippen LogP contribution in [0.4, 0.5) is 0 Å². The maximum absolute atomic E-state index is 12.3. The number of imidazole rings is 1. The fourth-order valence-corrected chi connectivity index (χ4v) is 3.98. The number of aromatic nitrogens is 2. The Morgan fingerprint density at radius 1 is 0.882 bits per heavy atom. The molecule has 0 radical (unpaired) electrons. The average molecular weight is 458 g/mol. The van der Waals surface area contributed by atoms with Crippen molar-refractivity contribution in [3.05, 3.63) is 89.7 Å². The third-order valence-electron chi connectivity index (χ3n) is 5.72. The van der Waals surface area contributed by atoms with Crippen molar-refractivity contribution >= 4 is 16.9 Å². The summed E-state index contributed by atoms with van der Waals surface area (Å²) in [6.45, 7) is 5.95. The molecule has 0 bridgehead atoms. The molecule has 0 fully saturated rings. The molecule has 0 saturated carbocycles. The highest BCUT2D eigenvalue weighted by Crippen LogP contribution is 2.23. The first kappa shape index (κ1) is 23.4. The smallest absolute Gasteiger partial charge is 0.258 e. The summed E-state index contributed by atoms with van der Waals surface area (Å²) in [6, 6.07) is 23.6. The zero-order valence-corrected chi connectivity index (χ0v) is 19.8. The minimum atomic E-state index is -0.176. The summed E-state index contributed by atoms with van der Waals surface area (Å²) >= 11 is 0. The van der Waals surface area contributed by atoms with Gasteiger partial charge in [-0.1, -0.05) is 48.5 Å². The van der Waals surface area contributed by atoms with Crippen molar-refractivity contribution in [2.45, 2.75) is 39.8 Å². The number of unbranched alkanes of at least 4 members (excludes halogenated alkanes) is 1. The van der Waals surface area contributed by atoms with E-state index < -0.39 is 0 Å². The molecule has 1 aromatic heterocycles. The molecule has 0 aliphatic carbocycles. The average Bonchev–Trinajstić information content (AvgIpc) is 3.21. The molecule has 0 saturated heterocycles. The van der Waals surface area contributed by atoms with Crippen LogP contribution in [-0.4, -0.2) is 28.7 Å². The maximum atomic E-state index is 12.3. The molecular weight excluding hydrogens is 426 g/mol. The van der Waals surface area contributed by atoms with Crippen molar-refractivity contribution in [3.8, 4) is 11.5 Å². The molecule has 0 aliphatic heterocycles. The van der Waals surface area contributed by atoms with Crippen LogP contribution in [0.15, 0.2) is 72.8 Å².